The lowest BCUT2D eigenvalue weighted by Crippen LogP contribution is -2.25. The van der Waals surface area contributed by atoms with E-state index in [9.17, 15) is 13.2 Å². The Morgan fingerprint density at radius 1 is 1.35 bits per heavy atom. The Morgan fingerprint density at radius 3 is 2.60 bits per heavy atom. The third-order valence-corrected chi connectivity index (χ3v) is 3.56. The number of carbonyl (C=O) groups excluding carboxylic acids is 1. The molecule has 112 valence electrons. The molecule has 20 heavy (non-hydrogen) atoms. The van der Waals surface area contributed by atoms with Crippen molar-refractivity contribution in [3.05, 3.63) is 23.8 Å². The fourth-order valence-corrected chi connectivity index (χ4v) is 2.33. The van der Waals surface area contributed by atoms with Crippen LogP contribution in [-0.2, 0) is 10.0 Å². The van der Waals surface area contributed by atoms with E-state index in [2.05, 4.69) is 5.32 Å². The van der Waals surface area contributed by atoms with Crippen LogP contribution in [0.2, 0.25) is 0 Å². The molecule has 0 atom stereocenters. The van der Waals surface area contributed by atoms with E-state index in [1.54, 1.807) is 6.92 Å². The van der Waals surface area contributed by atoms with Gasteiger partial charge in [-0.3, -0.25) is 4.79 Å². The Balaban J connectivity index is 3.03. The summed E-state index contributed by atoms with van der Waals surface area (Å²) in [5.41, 5.74) is 0.244. The Kier molecular flexibility index (Phi) is 5.97. The van der Waals surface area contributed by atoms with Crippen molar-refractivity contribution in [1.29, 1.82) is 0 Å². The van der Waals surface area contributed by atoms with Crippen LogP contribution in [0.4, 0.5) is 0 Å². The predicted octanol–water partition coefficient (Wildman–Crippen LogP) is 1.26. The first-order valence-electron chi connectivity index (χ1n) is 6.48. The summed E-state index contributed by atoms with van der Waals surface area (Å²) >= 11 is 0. The zero-order valence-corrected chi connectivity index (χ0v) is 12.5. The molecule has 0 radical (unpaired) electrons. The summed E-state index contributed by atoms with van der Waals surface area (Å²) in [7, 11) is -3.94. The normalized spacial score (nSPS) is 11.2. The monoisotopic (exact) mass is 300 g/mol. The molecule has 0 spiro atoms. The first-order valence-corrected chi connectivity index (χ1v) is 8.02. The number of ether oxygens (including phenoxy) is 1. The average Bonchev–Trinajstić information content (AvgIpc) is 2.38. The Bertz CT molecular complexity index is 570. The fourth-order valence-electron chi connectivity index (χ4n) is 1.63. The topological polar surface area (TPSA) is 98.5 Å². The van der Waals surface area contributed by atoms with Crippen LogP contribution in [0.5, 0.6) is 5.75 Å². The number of nitrogens with two attached hydrogens (primary N) is 1. The van der Waals surface area contributed by atoms with E-state index >= 15 is 0 Å². The molecule has 0 bridgehead atoms. The number of hydrogen-bond acceptors (Lipinski definition) is 4. The van der Waals surface area contributed by atoms with Crippen molar-refractivity contribution in [2.45, 2.75) is 31.6 Å². The second kappa shape index (κ2) is 7.25. The molecule has 0 heterocycles. The highest BCUT2D eigenvalue weighted by Gasteiger charge is 2.18. The number of hydrogen-bond donors (Lipinski definition) is 2. The van der Waals surface area contributed by atoms with E-state index in [1.807, 2.05) is 6.92 Å². The first kappa shape index (κ1) is 16.5. The lowest BCUT2D eigenvalue weighted by molar-refractivity contribution is 0.0953. The van der Waals surface area contributed by atoms with Crippen LogP contribution in [0.25, 0.3) is 0 Å². The molecule has 1 amide bonds. The number of benzene rings is 1. The second-order valence-electron chi connectivity index (χ2n) is 4.25. The van der Waals surface area contributed by atoms with Crippen LogP contribution in [0.1, 0.15) is 37.0 Å². The minimum absolute atomic E-state index is 0.153. The molecule has 6 nitrogen and oxygen atoms in total. The van der Waals surface area contributed by atoms with Crippen LogP contribution in [0.15, 0.2) is 23.1 Å². The minimum atomic E-state index is -3.94. The molecule has 1 aromatic rings. The van der Waals surface area contributed by atoms with Gasteiger partial charge in [0.15, 0.2) is 0 Å². The number of rotatable bonds is 7. The highest BCUT2D eigenvalue weighted by Crippen LogP contribution is 2.24. The van der Waals surface area contributed by atoms with Crippen molar-refractivity contribution >= 4 is 15.9 Å². The standard InChI is InChI=1S/C13H20N2O4S/c1-3-5-8-15-13(16)10-6-7-11(19-4-2)12(9-10)20(14,17)18/h6-7,9H,3-5,8H2,1-2H3,(H,15,16)(H2,14,17,18). The second-order valence-corrected chi connectivity index (χ2v) is 5.78. The van der Waals surface area contributed by atoms with Gasteiger partial charge in [0.2, 0.25) is 10.0 Å². The summed E-state index contributed by atoms with van der Waals surface area (Å²) in [5, 5.41) is 7.85. The van der Waals surface area contributed by atoms with Crippen molar-refractivity contribution < 1.29 is 17.9 Å². The molecule has 0 fully saturated rings. The van der Waals surface area contributed by atoms with Gasteiger partial charge in [-0.15, -0.1) is 0 Å². The molecule has 0 unspecified atom stereocenters. The van der Waals surface area contributed by atoms with Crippen molar-refractivity contribution in [2.75, 3.05) is 13.2 Å². The van der Waals surface area contributed by atoms with Gasteiger partial charge in [0, 0.05) is 12.1 Å². The van der Waals surface area contributed by atoms with Crippen molar-refractivity contribution in [3.63, 3.8) is 0 Å². The molecule has 0 saturated heterocycles. The fraction of sp³-hybridized carbons (Fsp3) is 0.462. The van der Waals surface area contributed by atoms with Crippen LogP contribution >= 0.6 is 0 Å². The molecule has 1 rings (SSSR count). The smallest absolute Gasteiger partial charge is 0.251 e. The Morgan fingerprint density at radius 2 is 2.05 bits per heavy atom. The number of unbranched alkanes of at least 4 members (excludes halogenated alkanes) is 1. The van der Waals surface area contributed by atoms with Crippen LogP contribution in [0.3, 0.4) is 0 Å². The van der Waals surface area contributed by atoms with Crippen LogP contribution in [-0.4, -0.2) is 27.5 Å². The van der Waals surface area contributed by atoms with E-state index < -0.39 is 10.0 Å². The maximum atomic E-state index is 11.9. The quantitative estimate of drug-likeness (QED) is 0.741. The van der Waals surface area contributed by atoms with Gasteiger partial charge in [0.05, 0.1) is 6.61 Å². The van der Waals surface area contributed by atoms with Gasteiger partial charge in [-0.05, 0) is 31.5 Å². The minimum Gasteiger partial charge on any atom is -0.492 e. The third kappa shape index (κ3) is 4.50. The zero-order chi connectivity index (χ0) is 15.2. The van der Waals surface area contributed by atoms with E-state index in [4.69, 9.17) is 9.88 Å². The molecule has 0 aliphatic heterocycles. The van der Waals surface area contributed by atoms with Crippen LogP contribution in [0, 0.1) is 0 Å². The van der Waals surface area contributed by atoms with Crippen molar-refractivity contribution in [2.24, 2.45) is 5.14 Å². The van der Waals surface area contributed by atoms with Crippen molar-refractivity contribution in [3.8, 4) is 5.75 Å². The van der Waals surface area contributed by atoms with E-state index in [0.29, 0.717) is 13.2 Å². The summed E-state index contributed by atoms with van der Waals surface area (Å²) in [6.45, 7) is 4.61. The third-order valence-electron chi connectivity index (χ3n) is 2.63. The SMILES string of the molecule is CCCCNC(=O)c1ccc(OCC)c(S(N)(=O)=O)c1. The summed E-state index contributed by atoms with van der Waals surface area (Å²) in [5.74, 6) is -0.175. The summed E-state index contributed by atoms with van der Waals surface area (Å²) < 4.78 is 28.3. The van der Waals surface area contributed by atoms with Crippen LogP contribution < -0.4 is 15.2 Å². The van der Waals surface area contributed by atoms with Gasteiger partial charge in [0.25, 0.3) is 5.91 Å². The predicted molar refractivity (Wildman–Crippen MR) is 76.2 cm³/mol. The molecule has 0 aliphatic rings. The number of primary sulfonamides is 1. The van der Waals surface area contributed by atoms with Crippen molar-refractivity contribution in [1.82, 2.24) is 5.32 Å². The summed E-state index contributed by atoms with van der Waals surface area (Å²) in [6.07, 6.45) is 1.83. The molecule has 7 heteroatoms. The highest BCUT2D eigenvalue weighted by atomic mass is 32.2. The first-order chi connectivity index (χ1) is 9.40. The molecular formula is C13H20N2O4S. The number of nitrogens with one attached hydrogen (secondary N) is 1. The molecule has 0 aromatic heterocycles. The molecular weight excluding hydrogens is 280 g/mol. The maximum Gasteiger partial charge on any atom is 0.251 e. The van der Waals surface area contributed by atoms with E-state index in [-0.39, 0.29) is 22.1 Å². The largest absolute Gasteiger partial charge is 0.492 e. The van der Waals surface area contributed by atoms with Gasteiger partial charge >= 0.3 is 0 Å². The van der Waals surface area contributed by atoms with E-state index in [1.165, 1.54) is 18.2 Å². The maximum absolute atomic E-state index is 11.9. The number of amides is 1. The van der Waals surface area contributed by atoms with Gasteiger partial charge in [-0.25, -0.2) is 13.6 Å². The Labute approximate surface area is 119 Å². The summed E-state index contributed by atoms with van der Waals surface area (Å²) in [6, 6.07) is 4.19. The molecule has 1 aromatic carbocycles. The highest BCUT2D eigenvalue weighted by molar-refractivity contribution is 7.89. The van der Waals surface area contributed by atoms with Gasteiger partial charge in [-0.2, -0.15) is 0 Å². The molecule has 3 N–H and O–H groups in total. The number of sulfonamides is 1. The summed E-state index contributed by atoms with van der Waals surface area (Å²) in [4.78, 5) is 11.7. The average molecular weight is 300 g/mol. The lowest BCUT2D eigenvalue weighted by atomic mass is 10.2. The Hall–Kier alpha value is -1.60. The molecule has 0 saturated carbocycles. The number of carbonyl (C=O) groups is 1. The van der Waals surface area contributed by atoms with Gasteiger partial charge < -0.3 is 10.1 Å². The zero-order valence-electron chi connectivity index (χ0n) is 11.7. The van der Waals surface area contributed by atoms with Gasteiger partial charge in [-0.1, -0.05) is 13.3 Å². The lowest BCUT2D eigenvalue weighted by Gasteiger charge is -2.10. The van der Waals surface area contributed by atoms with E-state index in [0.717, 1.165) is 12.8 Å². The van der Waals surface area contributed by atoms with Gasteiger partial charge in [0.1, 0.15) is 10.6 Å². The molecule has 0 aliphatic carbocycles.